The van der Waals surface area contributed by atoms with Crippen LogP contribution in [0.25, 0.3) is 0 Å². The van der Waals surface area contributed by atoms with Gasteiger partial charge in [0.2, 0.25) is 5.91 Å². The Hall–Kier alpha value is -0.610. The van der Waals surface area contributed by atoms with Crippen LogP contribution in [-0.4, -0.2) is 61.5 Å². The first-order valence-electron chi connectivity index (χ1n) is 7.73. The highest BCUT2D eigenvalue weighted by molar-refractivity contribution is 5.75. The molecule has 0 saturated carbocycles. The highest BCUT2D eigenvalue weighted by Gasteiger charge is 2.26. The molecule has 1 aliphatic rings. The summed E-state index contributed by atoms with van der Waals surface area (Å²) in [5.74, 6) is 0.244. The first kappa shape index (κ1) is 16.4. The summed E-state index contributed by atoms with van der Waals surface area (Å²) in [6.45, 7) is 7.73. The lowest BCUT2D eigenvalue weighted by molar-refractivity contribution is -0.128. The van der Waals surface area contributed by atoms with Crippen LogP contribution < -0.4 is 5.32 Å². The normalized spacial score (nSPS) is 22.2. The third kappa shape index (κ3) is 5.49. The highest BCUT2D eigenvalue weighted by atomic mass is 16.2. The average molecular weight is 269 g/mol. The van der Waals surface area contributed by atoms with Crippen molar-refractivity contribution in [2.45, 2.75) is 58.0 Å². The fraction of sp³-hybridized carbons (Fsp3) is 0.933. The van der Waals surface area contributed by atoms with Crippen LogP contribution >= 0.6 is 0 Å². The number of piperidine rings is 1. The molecular formula is C15H31N3O. The molecule has 1 aliphatic heterocycles. The molecular weight excluding hydrogens is 238 g/mol. The summed E-state index contributed by atoms with van der Waals surface area (Å²) >= 11 is 0. The minimum absolute atomic E-state index is 0.244. The molecule has 1 N–H and O–H groups in total. The fourth-order valence-corrected chi connectivity index (χ4v) is 2.98. The van der Waals surface area contributed by atoms with E-state index in [0.29, 0.717) is 18.5 Å². The van der Waals surface area contributed by atoms with Crippen molar-refractivity contribution in [3.8, 4) is 0 Å². The number of carbonyl (C=O) groups is 1. The smallest absolute Gasteiger partial charge is 0.222 e. The van der Waals surface area contributed by atoms with Gasteiger partial charge in [0, 0.05) is 32.6 Å². The fourth-order valence-electron chi connectivity index (χ4n) is 2.98. The molecule has 2 unspecified atom stereocenters. The van der Waals surface area contributed by atoms with Crippen LogP contribution in [0.15, 0.2) is 0 Å². The van der Waals surface area contributed by atoms with Crippen molar-refractivity contribution >= 4 is 5.91 Å². The summed E-state index contributed by atoms with van der Waals surface area (Å²) in [5, 5.41) is 3.55. The van der Waals surface area contributed by atoms with Gasteiger partial charge in [-0.1, -0.05) is 13.3 Å². The zero-order valence-corrected chi connectivity index (χ0v) is 13.1. The maximum Gasteiger partial charge on any atom is 0.222 e. The van der Waals surface area contributed by atoms with Crippen molar-refractivity contribution in [1.29, 1.82) is 0 Å². The predicted molar refractivity (Wildman–Crippen MR) is 80.3 cm³/mol. The molecule has 1 rings (SSSR count). The Labute approximate surface area is 118 Å². The van der Waals surface area contributed by atoms with E-state index in [4.69, 9.17) is 0 Å². The Balaban J connectivity index is 2.38. The molecule has 0 spiro atoms. The second-order valence-corrected chi connectivity index (χ2v) is 5.84. The highest BCUT2D eigenvalue weighted by Crippen LogP contribution is 2.20. The van der Waals surface area contributed by atoms with Gasteiger partial charge in [0.15, 0.2) is 0 Å². The van der Waals surface area contributed by atoms with Crippen molar-refractivity contribution in [2.75, 3.05) is 33.7 Å². The molecule has 0 radical (unpaired) electrons. The number of rotatable bonds is 7. The number of nitrogens with one attached hydrogen (secondary N) is 1. The van der Waals surface area contributed by atoms with Gasteiger partial charge in [-0.05, 0) is 45.8 Å². The molecule has 1 heterocycles. The Morgan fingerprint density at radius 3 is 2.79 bits per heavy atom. The largest absolute Gasteiger partial charge is 0.349 e. The van der Waals surface area contributed by atoms with E-state index in [0.717, 1.165) is 19.5 Å². The molecule has 0 aromatic carbocycles. The van der Waals surface area contributed by atoms with E-state index in [-0.39, 0.29) is 5.91 Å². The van der Waals surface area contributed by atoms with Gasteiger partial charge >= 0.3 is 0 Å². The molecule has 112 valence electrons. The maximum absolute atomic E-state index is 11.6. The Kier molecular flexibility index (Phi) is 7.39. The van der Waals surface area contributed by atoms with Gasteiger partial charge < -0.3 is 10.2 Å². The van der Waals surface area contributed by atoms with Gasteiger partial charge in [0.05, 0.1) is 0 Å². The summed E-state index contributed by atoms with van der Waals surface area (Å²) < 4.78 is 0. The molecule has 4 nitrogen and oxygen atoms in total. The molecule has 0 aromatic rings. The summed E-state index contributed by atoms with van der Waals surface area (Å²) in [6, 6.07) is 1.19. The monoisotopic (exact) mass is 269 g/mol. The van der Waals surface area contributed by atoms with Gasteiger partial charge in [0.25, 0.3) is 0 Å². The van der Waals surface area contributed by atoms with Crippen molar-refractivity contribution in [1.82, 2.24) is 15.1 Å². The Morgan fingerprint density at radius 2 is 2.16 bits per heavy atom. The van der Waals surface area contributed by atoms with Gasteiger partial charge in [-0.2, -0.15) is 0 Å². The molecule has 1 fully saturated rings. The Morgan fingerprint density at radius 1 is 1.42 bits per heavy atom. The first-order valence-corrected chi connectivity index (χ1v) is 7.73. The predicted octanol–water partition coefficient (Wildman–Crippen LogP) is 1.71. The van der Waals surface area contributed by atoms with Gasteiger partial charge in [-0.25, -0.2) is 0 Å². The lowest BCUT2D eigenvalue weighted by atomic mass is 9.96. The first-order chi connectivity index (χ1) is 9.06. The van der Waals surface area contributed by atoms with E-state index in [9.17, 15) is 4.79 Å². The van der Waals surface area contributed by atoms with Crippen LogP contribution in [-0.2, 0) is 4.79 Å². The molecule has 0 aliphatic carbocycles. The molecule has 0 aromatic heterocycles. The number of carbonyl (C=O) groups excluding carboxylic acids is 1. The SMILES string of the molecule is CCNC(C)C1CCCCN1CCCC(=O)N(C)C. The molecule has 0 bridgehead atoms. The zero-order valence-electron chi connectivity index (χ0n) is 13.1. The summed E-state index contributed by atoms with van der Waals surface area (Å²) in [4.78, 5) is 15.9. The van der Waals surface area contributed by atoms with Crippen LogP contribution in [0.5, 0.6) is 0 Å². The number of likely N-dealkylation sites (tertiary alicyclic amines) is 1. The molecule has 2 atom stereocenters. The zero-order chi connectivity index (χ0) is 14.3. The number of hydrogen-bond donors (Lipinski definition) is 1. The second kappa shape index (κ2) is 8.54. The molecule has 1 amide bonds. The van der Waals surface area contributed by atoms with E-state index in [1.807, 2.05) is 14.1 Å². The quantitative estimate of drug-likeness (QED) is 0.764. The van der Waals surface area contributed by atoms with Crippen molar-refractivity contribution in [3.05, 3.63) is 0 Å². The van der Waals surface area contributed by atoms with Crippen LogP contribution in [0.2, 0.25) is 0 Å². The number of amides is 1. The van der Waals surface area contributed by atoms with Crippen LogP contribution in [0.1, 0.15) is 46.0 Å². The van der Waals surface area contributed by atoms with Crippen molar-refractivity contribution in [3.63, 3.8) is 0 Å². The molecule has 19 heavy (non-hydrogen) atoms. The molecule has 4 heteroatoms. The number of likely N-dealkylation sites (N-methyl/N-ethyl adjacent to an activating group) is 1. The summed E-state index contributed by atoms with van der Waals surface area (Å²) in [6.07, 6.45) is 5.58. The van der Waals surface area contributed by atoms with E-state index in [1.165, 1.54) is 25.8 Å². The summed E-state index contributed by atoms with van der Waals surface area (Å²) in [5.41, 5.74) is 0. The standard InChI is InChI=1S/C15H31N3O/c1-5-16-13(2)14-9-6-7-11-18(14)12-8-10-15(19)17(3)4/h13-14,16H,5-12H2,1-4H3. The lowest BCUT2D eigenvalue weighted by Gasteiger charge is -2.39. The third-order valence-corrected chi connectivity index (χ3v) is 4.10. The number of nitrogens with zero attached hydrogens (tertiary/aromatic N) is 2. The topological polar surface area (TPSA) is 35.6 Å². The average Bonchev–Trinajstić information content (AvgIpc) is 2.39. The number of hydrogen-bond acceptors (Lipinski definition) is 3. The lowest BCUT2D eigenvalue weighted by Crippen LogP contribution is -2.51. The second-order valence-electron chi connectivity index (χ2n) is 5.84. The van der Waals surface area contributed by atoms with E-state index >= 15 is 0 Å². The minimum Gasteiger partial charge on any atom is -0.349 e. The van der Waals surface area contributed by atoms with Crippen LogP contribution in [0, 0.1) is 0 Å². The van der Waals surface area contributed by atoms with Gasteiger partial charge in [0.1, 0.15) is 0 Å². The van der Waals surface area contributed by atoms with E-state index < -0.39 is 0 Å². The van der Waals surface area contributed by atoms with Crippen LogP contribution in [0.4, 0.5) is 0 Å². The van der Waals surface area contributed by atoms with Crippen LogP contribution in [0.3, 0.4) is 0 Å². The van der Waals surface area contributed by atoms with Gasteiger partial charge in [-0.3, -0.25) is 9.69 Å². The minimum atomic E-state index is 0.244. The van der Waals surface area contributed by atoms with Crippen molar-refractivity contribution < 1.29 is 4.79 Å². The van der Waals surface area contributed by atoms with E-state index in [2.05, 4.69) is 24.1 Å². The molecule has 1 saturated heterocycles. The van der Waals surface area contributed by atoms with Crippen molar-refractivity contribution in [2.24, 2.45) is 0 Å². The van der Waals surface area contributed by atoms with E-state index in [1.54, 1.807) is 4.90 Å². The van der Waals surface area contributed by atoms with Gasteiger partial charge in [-0.15, -0.1) is 0 Å². The third-order valence-electron chi connectivity index (χ3n) is 4.10. The summed E-state index contributed by atoms with van der Waals surface area (Å²) in [7, 11) is 3.67. The maximum atomic E-state index is 11.6. The Bertz CT molecular complexity index is 268.